The summed E-state index contributed by atoms with van der Waals surface area (Å²) in [6.07, 6.45) is 1.93. The van der Waals surface area contributed by atoms with Crippen molar-refractivity contribution >= 4 is 10.2 Å². The summed E-state index contributed by atoms with van der Waals surface area (Å²) in [5.41, 5.74) is 2.94. The molecule has 3 rings (SSSR count). The molecule has 0 saturated heterocycles. The van der Waals surface area contributed by atoms with Gasteiger partial charge in [0.15, 0.2) is 0 Å². The van der Waals surface area contributed by atoms with Gasteiger partial charge in [-0.15, -0.1) is 0 Å². The van der Waals surface area contributed by atoms with Crippen molar-refractivity contribution in [3.8, 4) is 5.75 Å². The van der Waals surface area contributed by atoms with Crippen LogP contribution in [0.3, 0.4) is 0 Å². The second-order valence-electron chi connectivity index (χ2n) is 6.07. The number of nitrogens with zero attached hydrogens (tertiary/aromatic N) is 1. The molecule has 2 aromatic rings. The Balaban J connectivity index is 2.02. The van der Waals surface area contributed by atoms with Crippen LogP contribution in [-0.4, -0.2) is 33.4 Å². The van der Waals surface area contributed by atoms with Gasteiger partial charge in [-0.1, -0.05) is 42.5 Å². The average Bonchev–Trinajstić information content (AvgIpc) is 2.60. The lowest BCUT2D eigenvalue weighted by Gasteiger charge is -2.24. The molecule has 0 aliphatic carbocycles. The van der Waals surface area contributed by atoms with Crippen molar-refractivity contribution in [1.29, 1.82) is 0 Å². The molecule has 2 aromatic carbocycles. The molecule has 24 heavy (non-hydrogen) atoms. The minimum atomic E-state index is -3.56. The Labute approximate surface area is 143 Å². The van der Waals surface area contributed by atoms with Gasteiger partial charge in [-0.05, 0) is 35.6 Å². The molecule has 0 saturated carbocycles. The van der Waals surface area contributed by atoms with E-state index in [9.17, 15) is 8.42 Å². The summed E-state index contributed by atoms with van der Waals surface area (Å²) in [4.78, 5) is 0. The molecule has 1 atom stereocenters. The van der Waals surface area contributed by atoms with Gasteiger partial charge >= 0.3 is 0 Å². The lowest BCUT2D eigenvalue weighted by molar-refractivity contribution is 0.288. The molecule has 5 nitrogen and oxygen atoms in total. The molecular weight excluding hydrogens is 324 g/mol. The van der Waals surface area contributed by atoms with Crippen LogP contribution in [0.1, 0.15) is 29.2 Å². The molecule has 0 fully saturated rings. The summed E-state index contributed by atoms with van der Waals surface area (Å²) in [5.74, 6) is 0.896. The molecule has 6 heteroatoms. The van der Waals surface area contributed by atoms with E-state index in [-0.39, 0.29) is 0 Å². The number of nitrogens with one attached hydrogen (secondary N) is 1. The van der Waals surface area contributed by atoms with E-state index in [4.69, 9.17) is 4.74 Å². The van der Waals surface area contributed by atoms with E-state index in [1.54, 1.807) is 0 Å². The van der Waals surface area contributed by atoms with Gasteiger partial charge in [0.2, 0.25) is 0 Å². The SMILES string of the molecule is CN(C)S(=O)(=O)NC(c1ccccc1)c1ccc2c(c1)CCCO2. The predicted molar refractivity (Wildman–Crippen MR) is 94.3 cm³/mol. The molecule has 1 aliphatic rings. The topological polar surface area (TPSA) is 58.6 Å². The van der Waals surface area contributed by atoms with Crippen LogP contribution in [0.5, 0.6) is 5.75 Å². The maximum Gasteiger partial charge on any atom is 0.279 e. The highest BCUT2D eigenvalue weighted by Crippen LogP contribution is 2.30. The van der Waals surface area contributed by atoms with Crippen LogP contribution >= 0.6 is 0 Å². The van der Waals surface area contributed by atoms with E-state index in [1.165, 1.54) is 18.4 Å². The minimum absolute atomic E-state index is 0.439. The number of benzene rings is 2. The summed E-state index contributed by atoms with van der Waals surface area (Å²) < 4.78 is 34.4. The van der Waals surface area contributed by atoms with Gasteiger partial charge in [-0.2, -0.15) is 17.4 Å². The second-order valence-corrected chi connectivity index (χ2v) is 7.98. The van der Waals surface area contributed by atoms with Gasteiger partial charge in [-0.3, -0.25) is 0 Å². The van der Waals surface area contributed by atoms with Crippen LogP contribution in [0.15, 0.2) is 48.5 Å². The molecule has 0 spiro atoms. The molecule has 128 valence electrons. The normalized spacial score (nSPS) is 15.6. The average molecular weight is 346 g/mol. The molecule has 1 aliphatic heterocycles. The molecule has 1 unspecified atom stereocenters. The fourth-order valence-electron chi connectivity index (χ4n) is 2.79. The van der Waals surface area contributed by atoms with Gasteiger partial charge in [0.25, 0.3) is 10.2 Å². The van der Waals surface area contributed by atoms with Gasteiger partial charge in [-0.25, -0.2) is 0 Å². The Bertz CT molecular complexity index is 804. The maximum atomic E-state index is 12.4. The van der Waals surface area contributed by atoms with Crippen molar-refractivity contribution in [2.45, 2.75) is 18.9 Å². The lowest BCUT2D eigenvalue weighted by atomic mass is 9.95. The molecule has 0 amide bonds. The van der Waals surface area contributed by atoms with E-state index >= 15 is 0 Å². The Morgan fingerprint density at radius 3 is 2.54 bits per heavy atom. The highest BCUT2D eigenvalue weighted by Gasteiger charge is 2.24. The van der Waals surface area contributed by atoms with Gasteiger partial charge in [0.1, 0.15) is 5.75 Å². The Morgan fingerprint density at radius 2 is 1.83 bits per heavy atom. The number of fused-ring (bicyclic) bond motifs is 1. The summed E-state index contributed by atoms with van der Waals surface area (Å²) in [6.45, 7) is 0.738. The van der Waals surface area contributed by atoms with Gasteiger partial charge in [0.05, 0.1) is 12.6 Å². The molecule has 0 radical (unpaired) electrons. The molecular formula is C18H22N2O3S. The van der Waals surface area contributed by atoms with Gasteiger partial charge in [0, 0.05) is 14.1 Å². The largest absolute Gasteiger partial charge is 0.493 e. The smallest absolute Gasteiger partial charge is 0.279 e. The number of aryl methyl sites for hydroxylation is 1. The lowest BCUT2D eigenvalue weighted by Crippen LogP contribution is -2.38. The Hall–Kier alpha value is -1.89. The first-order chi connectivity index (χ1) is 11.5. The van der Waals surface area contributed by atoms with Crippen molar-refractivity contribution in [3.05, 3.63) is 65.2 Å². The van der Waals surface area contributed by atoms with Crippen LogP contribution in [0.25, 0.3) is 0 Å². The summed E-state index contributed by atoms with van der Waals surface area (Å²) >= 11 is 0. The first-order valence-corrected chi connectivity index (χ1v) is 9.42. The van der Waals surface area contributed by atoms with Crippen molar-refractivity contribution in [3.63, 3.8) is 0 Å². The van der Waals surface area contributed by atoms with E-state index < -0.39 is 16.3 Å². The third-order valence-corrected chi connectivity index (χ3v) is 5.64. The van der Waals surface area contributed by atoms with Crippen LogP contribution in [-0.2, 0) is 16.6 Å². The molecule has 0 bridgehead atoms. The van der Waals surface area contributed by atoms with Crippen LogP contribution in [0, 0.1) is 0 Å². The number of hydrogen-bond acceptors (Lipinski definition) is 3. The Morgan fingerprint density at radius 1 is 1.08 bits per heavy atom. The van der Waals surface area contributed by atoms with Crippen molar-refractivity contribution in [2.75, 3.05) is 20.7 Å². The van der Waals surface area contributed by atoms with Crippen LogP contribution in [0.4, 0.5) is 0 Å². The highest BCUT2D eigenvalue weighted by atomic mass is 32.2. The van der Waals surface area contributed by atoms with E-state index in [0.717, 1.165) is 41.9 Å². The Kier molecular flexibility index (Phi) is 4.89. The van der Waals surface area contributed by atoms with E-state index in [0.29, 0.717) is 0 Å². The standard InChI is InChI=1S/C18H22N2O3S/c1-20(2)24(21,22)19-18(14-7-4-3-5-8-14)16-10-11-17-15(13-16)9-6-12-23-17/h3-5,7-8,10-11,13,18-19H,6,9,12H2,1-2H3. The van der Waals surface area contributed by atoms with Crippen LogP contribution < -0.4 is 9.46 Å². The zero-order valence-electron chi connectivity index (χ0n) is 13.9. The minimum Gasteiger partial charge on any atom is -0.493 e. The molecule has 1 N–H and O–H groups in total. The number of hydrogen-bond donors (Lipinski definition) is 1. The molecule has 1 heterocycles. The van der Waals surface area contributed by atoms with Crippen molar-refractivity contribution < 1.29 is 13.2 Å². The van der Waals surface area contributed by atoms with Gasteiger partial charge < -0.3 is 4.74 Å². The second kappa shape index (κ2) is 6.93. The maximum absolute atomic E-state index is 12.4. The monoisotopic (exact) mass is 346 g/mol. The fourth-order valence-corrected chi connectivity index (χ4v) is 3.57. The first-order valence-electron chi connectivity index (χ1n) is 7.98. The number of ether oxygens (including phenoxy) is 1. The quantitative estimate of drug-likeness (QED) is 0.905. The summed E-state index contributed by atoms with van der Waals surface area (Å²) in [6, 6.07) is 15.1. The molecule has 0 aromatic heterocycles. The van der Waals surface area contributed by atoms with E-state index in [1.807, 2.05) is 48.5 Å². The van der Waals surface area contributed by atoms with Crippen LogP contribution in [0.2, 0.25) is 0 Å². The first kappa shape index (κ1) is 17.0. The van der Waals surface area contributed by atoms with E-state index in [2.05, 4.69) is 4.72 Å². The zero-order chi connectivity index (χ0) is 17.2. The fraction of sp³-hybridized carbons (Fsp3) is 0.333. The highest BCUT2D eigenvalue weighted by molar-refractivity contribution is 7.87. The van der Waals surface area contributed by atoms with Crippen molar-refractivity contribution in [2.24, 2.45) is 0 Å². The van der Waals surface area contributed by atoms with Crippen molar-refractivity contribution in [1.82, 2.24) is 9.03 Å². The number of rotatable bonds is 5. The third-order valence-electron chi connectivity index (χ3n) is 4.15. The summed E-state index contributed by atoms with van der Waals surface area (Å²) in [7, 11) is -0.525. The summed E-state index contributed by atoms with van der Waals surface area (Å²) in [5, 5.41) is 0. The predicted octanol–water partition coefficient (Wildman–Crippen LogP) is 2.50. The zero-order valence-corrected chi connectivity index (χ0v) is 14.7. The third kappa shape index (κ3) is 3.61.